The van der Waals surface area contributed by atoms with Crippen LogP contribution in [0.25, 0.3) is 0 Å². The summed E-state index contributed by atoms with van der Waals surface area (Å²) >= 11 is 11.4. The van der Waals surface area contributed by atoms with Gasteiger partial charge in [-0.05, 0) is 30.3 Å². The average molecular weight is 327 g/mol. The third kappa shape index (κ3) is 3.51. The van der Waals surface area contributed by atoms with Crippen molar-refractivity contribution >= 4 is 40.7 Å². The molecule has 108 valence electrons. The highest BCUT2D eigenvalue weighted by molar-refractivity contribution is 6.37. The summed E-state index contributed by atoms with van der Waals surface area (Å²) in [5, 5.41) is 2.34. The summed E-state index contributed by atoms with van der Waals surface area (Å²) in [6.45, 7) is 0. The van der Waals surface area contributed by atoms with Crippen LogP contribution in [0.15, 0.2) is 36.4 Å². The van der Waals surface area contributed by atoms with Crippen molar-refractivity contribution in [2.24, 2.45) is 5.73 Å². The van der Waals surface area contributed by atoms with Gasteiger partial charge in [-0.3, -0.25) is 9.59 Å². The molecule has 0 aromatic heterocycles. The molecule has 2 aromatic carbocycles. The molecule has 0 radical (unpaired) electrons. The molecule has 0 saturated carbocycles. The summed E-state index contributed by atoms with van der Waals surface area (Å²) in [5.74, 6) is -2.00. The van der Waals surface area contributed by atoms with Crippen molar-refractivity contribution in [1.82, 2.24) is 0 Å². The van der Waals surface area contributed by atoms with Gasteiger partial charge < -0.3 is 11.1 Å². The maximum atomic E-state index is 13.4. The van der Waals surface area contributed by atoms with Gasteiger partial charge in [0.05, 0.1) is 15.6 Å². The van der Waals surface area contributed by atoms with Crippen molar-refractivity contribution < 1.29 is 14.0 Å². The Balaban J connectivity index is 2.28. The van der Waals surface area contributed by atoms with Crippen LogP contribution in [0.1, 0.15) is 20.7 Å². The van der Waals surface area contributed by atoms with Crippen LogP contribution in [0, 0.1) is 5.82 Å². The number of carbonyl (C=O) groups is 2. The number of halogens is 3. The van der Waals surface area contributed by atoms with Gasteiger partial charge in [0, 0.05) is 11.3 Å². The molecule has 0 aliphatic rings. The van der Waals surface area contributed by atoms with E-state index in [0.717, 1.165) is 12.1 Å². The first-order chi connectivity index (χ1) is 9.88. The van der Waals surface area contributed by atoms with E-state index in [9.17, 15) is 14.0 Å². The maximum Gasteiger partial charge on any atom is 0.257 e. The van der Waals surface area contributed by atoms with Crippen LogP contribution in [0.5, 0.6) is 0 Å². The van der Waals surface area contributed by atoms with Crippen LogP contribution in [-0.2, 0) is 0 Å². The molecule has 0 saturated heterocycles. The lowest BCUT2D eigenvalue weighted by Crippen LogP contribution is -2.15. The van der Waals surface area contributed by atoms with Gasteiger partial charge in [-0.2, -0.15) is 0 Å². The number of rotatable bonds is 3. The molecule has 0 unspecified atom stereocenters. The summed E-state index contributed by atoms with van der Waals surface area (Å²) in [7, 11) is 0. The van der Waals surface area contributed by atoms with E-state index in [4.69, 9.17) is 28.9 Å². The Bertz CT molecular complexity index is 735. The number of amides is 2. The Kier molecular flexibility index (Phi) is 4.45. The number of hydrogen-bond donors (Lipinski definition) is 2. The molecular formula is C14H9Cl2FN2O2. The molecule has 4 nitrogen and oxygen atoms in total. The zero-order valence-electron chi connectivity index (χ0n) is 10.5. The Morgan fingerprint density at radius 1 is 1.10 bits per heavy atom. The van der Waals surface area contributed by atoms with Gasteiger partial charge in [0.25, 0.3) is 5.91 Å². The first-order valence-corrected chi connectivity index (χ1v) is 6.50. The van der Waals surface area contributed by atoms with Crippen LogP contribution in [-0.4, -0.2) is 11.8 Å². The molecule has 2 rings (SSSR count). The summed E-state index contributed by atoms with van der Waals surface area (Å²) in [6, 6.07) is 8.11. The van der Waals surface area contributed by atoms with E-state index in [1.807, 2.05) is 0 Å². The molecule has 2 aromatic rings. The molecule has 7 heteroatoms. The fraction of sp³-hybridized carbons (Fsp3) is 0. The predicted octanol–water partition coefficient (Wildman–Crippen LogP) is 3.48. The number of benzene rings is 2. The normalized spacial score (nSPS) is 10.2. The Morgan fingerprint density at radius 3 is 2.48 bits per heavy atom. The zero-order chi connectivity index (χ0) is 15.6. The van der Waals surface area contributed by atoms with Crippen molar-refractivity contribution in [2.45, 2.75) is 0 Å². The van der Waals surface area contributed by atoms with Crippen molar-refractivity contribution in [2.75, 3.05) is 5.32 Å². The topological polar surface area (TPSA) is 72.2 Å². The van der Waals surface area contributed by atoms with E-state index >= 15 is 0 Å². The largest absolute Gasteiger partial charge is 0.366 e. The Morgan fingerprint density at radius 2 is 1.81 bits per heavy atom. The van der Waals surface area contributed by atoms with E-state index in [1.54, 1.807) is 12.1 Å². The lowest BCUT2D eigenvalue weighted by Gasteiger charge is -2.08. The predicted molar refractivity (Wildman–Crippen MR) is 79.3 cm³/mol. The minimum absolute atomic E-state index is 0.0185. The van der Waals surface area contributed by atoms with Crippen molar-refractivity contribution in [3.63, 3.8) is 0 Å². The smallest absolute Gasteiger partial charge is 0.257 e. The third-order valence-electron chi connectivity index (χ3n) is 2.66. The number of anilines is 1. The summed E-state index contributed by atoms with van der Waals surface area (Å²) in [6.07, 6.45) is 0. The van der Waals surface area contributed by atoms with E-state index in [1.165, 1.54) is 12.1 Å². The van der Waals surface area contributed by atoms with Crippen molar-refractivity contribution in [3.05, 3.63) is 63.4 Å². The van der Waals surface area contributed by atoms with Gasteiger partial charge in [-0.1, -0.05) is 29.3 Å². The van der Waals surface area contributed by atoms with E-state index in [2.05, 4.69) is 5.32 Å². The number of hydrogen-bond acceptors (Lipinski definition) is 2. The van der Waals surface area contributed by atoms with E-state index in [-0.39, 0.29) is 21.2 Å². The fourth-order valence-electron chi connectivity index (χ4n) is 1.65. The van der Waals surface area contributed by atoms with Crippen LogP contribution < -0.4 is 11.1 Å². The number of nitrogens with one attached hydrogen (secondary N) is 1. The molecule has 0 spiro atoms. The van der Waals surface area contributed by atoms with Crippen molar-refractivity contribution in [1.29, 1.82) is 0 Å². The highest BCUT2D eigenvalue weighted by Gasteiger charge is 2.14. The highest BCUT2D eigenvalue weighted by Crippen LogP contribution is 2.25. The Hall–Kier alpha value is -2.11. The van der Waals surface area contributed by atoms with Gasteiger partial charge in [0.15, 0.2) is 0 Å². The quantitative estimate of drug-likeness (QED) is 0.847. The van der Waals surface area contributed by atoms with Gasteiger partial charge >= 0.3 is 0 Å². The highest BCUT2D eigenvalue weighted by atomic mass is 35.5. The maximum absolute atomic E-state index is 13.4. The standard InChI is InChI=1S/C14H9Cl2FN2O2/c15-10-6-11(16)12(17)5-9(10)14(21)19-8-3-1-2-7(4-8)13(18)20/h1-6H,(H2,18,20)(H,19,21). The summed E-state index contributed by atoms with van der Waals surface area (Å²) in [4.78, 5) is 23.1. The van der Waals surface area contributed by atoms with Gasteiger partial charge in [-0.25, -0.2) is 4.39 Å². The zero-order valence-corrected chi connectivity index (χ0v) is 12.0. The molecule has 0 aliphatic carbocycles. The molecule has 2 amide bonds. The van der Waals surface area contributed by atoms with E-state index in [0.29, 0.717) is 5.69 Å². The van der Waals surface area contributed by atoms with Crippen molar-refractivity contribution in [3.8, 4) is 0 Å². The number of nitrogens with two attached hydrogens (primary N) is 1. The molecule has 21 heavy (non-hydrogen) atoms. The molecule has 0 atom stereocenters. The van der Waals surface area contributed by atoms with Crippen LogP contribution in [0.2, 0.25) is 10.0 Å². The van der Waals surface area contributed by atoms with Crippen LogP contribution in [0.4, 0.5) is 10.1 Å². The average Bonchev–Trinajstić information content (AvgIpc) is 2.43. The second-order valence-corrected chi connectivity index (χ2v) is 4.96. The first-order valence-electron chi connectivity index (χ1n) is 5.74. The minimum atomic E-state index is -0.753. The molecule has 0 aliphatic heterocycles. The molecule has 0 bridgehead atoms. The summed E-state index contributed by atoms with van der Waals surface area (Å²) < 4.78 is 13.4. The molecule has 0 heterocycles. The number of primary amides is 1. The molecule has 3 N–H and O–H groups in total. The molecule has 0 fully saturated rings. The van der Waals surface area contributed by atoms with Gasteiger partial charge in [0.2, 0.25) is 5.91 Å². The second-order valence-electron chi connectivity index (χ2n) is 4.15. The van der Waals surface area contributed by atoms with E-state index < -0.39 is 17.6 Å². The number of carbonyl (C=O) groups excluding carboxylic acids is 2. The lowest BCUT2D eigenvalue weighted by atomic mass is 10.1. The van der Waals surface area contributed by atoms with Gasteiger partial charge in [-0.15, -0.1) is 0 Å². The molecular weight excluding hydrogens is 318 g/mol. The first kappa shape index (κ1) is 15.3. The fourth-order valence-corrected chi connectivity index (χ4v) is 2.11. The lowest BCUT2D eigenvalue weighted by molar-refractivity contribution is 0.0996. The second kappa shape index (κ2) is 6.11. The summed E-state index contributed by atoms with van der Waals surface area (Å²) in [5.41, 5.74) is 5.65. The van der Waals surface area contributed by atoms with Crippen LogP contribution >= 0.6 is 23.2 Å². The van der Waals surface area contributed by atoms with Gasteiger partial charge in [0.1, 0.15) is 5.82 Å². The minimum Gasteiger partial charge on any atom is -0.366 e. The third-order valence-corrected chi connectivity index (χ3v) is 3.26. The SMILES string of the molecule is NC(=O)c1cccc(NC(=O)c2cc(F)c(Cl)cc2Cl)c1. The Labute approximate surface area is 129 Å². The van der Waals surface area contributed by atoms with Crippen LogP contribution in [0.3, 0.4) is 0 Å². The monoisotopic (exact) mass is 326 g/mol.